The highest BCUT2D eigenvalue weighted by Gasteiger charge is 2.50. The molecule has 0 aliphatic heterocycles. The van der Waals surface area contributed by atoms with Gasteiger partial charge in [0.2, 0.25) is 0 Å². The van der Waals surface area contributed by atoms with Gasteiger partial charge in [0.15, 0.2) is 0 Å². The highest BCUT2D eigenvalue weighted by molar-refractivity contribution is 5.67. The molecule has 3 fully saturated rings. The molecular formula is C32H54N2O2. The fourth-order valence-corrected chi connectivity index (χ4v) is 7.32. The van der Waals surface area contributed by atoms with Crippen molar-refractivity contribution in [3.05, 3.63) is 35.5 Å². The van der Waals surface area contributed by atoms with E-state index in [2.05, 4.69) is 56.6 Å². The topological polar surface area (TPSA) is 41.6 Å². The first-order valence-corrected chi connectivity index (χ1v) is 14.8. The first-order valence-electron chi connectivity index (χ1n) is 14.8. The SMILES string of the molecule is C=C1CC[C@H](OC(=O)NCCN(C)C)C/C1=C/C=C1\CCC[C@]2(C)[C@@H]([C@H](C)CCCC(C)C)CC[C@@H]12. The molecule has 0 spiro atoms. The second-order valence-electron chi connectivity index (χ2n) is 12.9. The Balaban J connectivity index is 1.61. The third kappa shape index (κ3) is 7.73. The first-order chi connectivity index (χ1) is 17.1. The fourth-order valence-electron chi connectivity index (χ4n) is 7.32. The van der Waals surface area contributed by atoms with E-state index in [-0.39, 0.29) is 12.2 Å². The van der Waals surface area contributed by atoms with E-state index in [4.69, 9.17) is 4.74 Å². The number of rotatable bonds is 10. The number of nitrogens with zero attached hydrogens (tertiary/aromatic N) is 1. The number of likely N-dealkylation sites (N-methyl/N-ethyl adjacent to an activating group) is 1. The van der Waals surface area contributed by atoms with Gasteiger partial charge in [-0.1, -0.05) is 76.8 Å². The van der Waals surface area contributed by atoms with Crippen molar-refractivity contribution in [2.45, 2.75) is 104 Å². The molecule has 0 aromatic rings. The minimum absolute atomic E-state index is 0.0568. The third-order valence-electron chi connectivity index (χ3n) is 9.44. The molecule has 0 unspecified atom stereocenters. The average molecular weight is 499 g/mol. The van der Waals surface area contributed by atoms with Gasteiger partial charge in [-0.05, 0) is 93.7 Å². The van der Waals surface area contributed by atoms with Crippen molar-refractivity contribution in [1.29, 1.82) is 0 Å². The van der Waals surface area contributed by atoms with Crippen molar-refractivity contribution in [3.8, 4) is 0 Å². The van der Waals surface area contributed by atoms with Crippen LogP contribution >= 0.6 is 0 Å². The first kappa shape index (κ1) is 29.0. The molecule has 0 aromatic heterocycles. The molecule has 0 saturated heterocycles. The zero-order chi connectivity index (χ0) is 26.3. The van der Waals surface area contributed by atoms with Crippen LogP contribution in [-0.2, 0) is 4.74 Å². The number of allylic oxidation sites excluding steroid dienone is 4. The standard InChI is InChI=1S/C32H54N2O2/c1-23(2)10-8-11-25(4)29-17-18-30-26(12-9-19-32(29,30)5)14-15-27-22-28(16-13-24(27)3)36-31(35)33-20-21-34(6)7/h14-15,23,25,28-30H,3,8-13,16-22H2,1-2,4-7H3,(H,33,35)/b26-14+,27-15-/t25-,28+,29-,30+,32-/m1/s1. The molecule has 0 aromatic carbocycles. The summed E-state index contributed by atoms with van der Waals surface area (Å²) in [5, 5.41) is 2.87. The van der Waals surface area contributed by atoms with Gasteiger partial charge in [-0.3, -0.25) is 0 Å². The lowest BCUT2D eigenvalue weighted by Crippen LogP contribution is -2.36. The van der Waals surface area contributed by atoms with Crippen molar-refractivity contribution in [3.63, 3.8) is 0 Å². The number of alkyl carbamates (subject to hydrolysis) is 1. The van der Waals surface area contributed by atoms with Crippen molar-refractivity contribution in [2.75, 3.05) is 27.2 Å². The molecule has 3 saturated carbocycles. The Kier molecular flexibility index (Phi) is 10.7. The van der Waals surface area contributed by atoms with Crippen molar-refractivity contribution >= 4 is 6.09 Å². The number of carbonyl (C=O) groups excluding carboxylic acids is 1. The lowest BCUT2D eigenvalue weighted by atomic mass is 9.60. The largest absolute Gasteiger partial charge is 0.446 e. The Morgan fingerprint density at radius 1 is 1.17 bits per heavy atom. The van der Waals surface area contributed by atoms with Crippen LogP contribution in [0.5, 0.6) is 0 Å². The van der Waals surface area contributed by atoms with Gasteiger partial charge in [0, 0.05) is 19.5 Å². The van der Waals surface area contributed by atoms with E-state index in [1.165, 1.54) is 62.5 Å². The van der Waals surface area contributed by atoms with Gasteiger partial charge in [-0.25, -0.2) is 4.79 Å². The molecule has 5 atom stereocenters. The summed E-state index contributed by atoms with van der Waals surface area (Å²) in [7, 11) is 4.00. The summed E-state index contributed by atoms with van der Waals surface area (Å²) >= 11 is 0. The zero-order valence-corrected chi connectivity index (χ0v) is 24.2. The van der Waals surface area contributed by atoms with E-state index in [1.54, 1.807) is 5.57 Å². The Labute approximate surface area is 222 Å². The highest BCUT2D eigenvalue weighted by Crippen LogP contribution is 2.60. The average Bonchev–Trinajstić information content (AvgIpc) is 3.16. The van der Waals surface area contributed by atoms with Crippen LogP contribution in [0.15, 0.2) is 35.5 Å². The highest BCUT2D eigenvalue weighted by atomic mass is 16.6. The van der Waals surface area contributed by atoms with Crippen molar-refractivity contribution < 1.29 is 9.53 Å². The van der Waals surface area contributed by atoms with Gasteiger partial charge in [-0.15, -0.1) is 0 Å². The van der Waals surface area contributed by atoms with Crippen LogP contribution in [0.1, 0.15) is 98.3 Å². The third-order valence-corrected chi connectivity index (χ3v) is 9.44. The van der Waals surface area contributed by atoms with Gasteiger partial charge >= 0.3 is 6.09 Å². The number of fused-ring (bicyclic) bond motifs is 1. The Bertz CT molecular complexity index is 811. The van der Waals surface area contributed by atoms with Crippen LogP contribution < -0.4 is 5.32 Å². The lowest BCUT2D eigenvalue weighted by Gasteiger charge is -2.44. The number of nitrogens with one attached hydrogen (secondary N) is 1. The molecule has 1 N–H and O–H groups in total. The predicted octanol–water partition coefficient (Wildman–Crippen LogP) is 7.91. The lowest BCUT2D eigenvalue weighted by molar-refractivity contribution is 0.0889. The molecule has 4 nitrogen and oxygen atoms in total. The minimum Gasteiger partial charge on any atom is -0.446 e. The maximum absolute atomic E-state index is 12.2. The molecular weight excluding hydrogens is 444 g/mol. The second-order valence-corrected chi connectivity index (χ2v) is 12.9. The van der Waals surface area contributed by atoms with Gasteiger partial charge < -0.3 is 15.0 Å². The number of carbonyl (C=O) groups is 1. The van der Waals surface area contributed by atoms with Gasteiger partial charge in [0.05, 0.1) is 0 Å². The molecule has 3 aliphatic carbocycles. The fraction of sp³-hybridized carbons (Fsp3) is 0.781. The predicted molar refractivity (Wildman–Crippen MR) is 152 cm³/mol. The summed E-state index contributed by atoms with van der Waals surface area (Å²) in [5.74, 6) is 3.24. The molecule has 3 aliphatic rings. The molecule has 4 heteroatoms. The van der Waals surface area contributed by atoms with E-state index in [9.17, 15) is 4.79 Å². The van der Waals surface area contributed by atoms with Crippen molar-refractivity contribution in [1.82, 2.24) is 10.2 Å². The van der Waals surface area contributed by atoms with E-state index in [0.29, 0.717) is 12.0 Å². The molecule has 1 amide bonds. The summed E-state index contributed by atoms with van der Waals surface area (Å²) in [5.41, 5.74) is 4.59. The number of amides is 1. The molecule has 3 rings (SSSR count). The maximum atomic E-state index is 12.2. The summed E-state index contributed by atoms with van der Waals surface area (Å²) in [6.07, 6.45) is 17.8. The summed E-state index contributed by atoms with van der Waals surface area (Å²) in [4.78, 5) is 14.3. The molecule has 36 heavy (non-hydrogen) atoms. The Hall–Kier alpha value is -1.55. The minimum atomic E-state index is -0.297. The van der Waals surface area contributed by atoms with E-state index in [1.807, 2.05) is 14.1 Å². The molecule has 0 radical (unpaired) electrons. The van der Waals surface area contributed by atoms with Crippen LogP contribution in [-0.4, -0.2) is 44.3 Å². The number of hydrogen-bond acceptors (Lipinski definition) is 3. The summed E-state index contributed by atoms with van der Waals surface area (Å²) in [6.45, 7) is 15.6. The van der Waals surface area contributed by atoms with Gasteiger partial charge in [-0.2, -0.15) is 0 Å². The Morgan fingerprint density at radius 3 is 2.67 bits per heavy atom. The van der Waals surface area contributed by atoms with Crippen LogP contribution in [0.3, 0.4) is 0 Å². The van der Waals surface area contributed by atoms with Gasteiger partial charge in [0.1, 0.15) is 6.10 Å². The number of hydrogen-bond donors (Lipinski definition) is 1. The Morgan fingerprint density at radius 2 is 1.94 bits per heavy atom. The quantitative estimate of drug-likeness (QED) is 0.333. The molecule has 0 heterocycles. The second kappa shape index (κ2) is 13.3. The smallest absolute Gasteiger partial charge is 0.407 e. The number of ether oxygens (including phenoxy) is 1. The summed E-state index contributed by atoms with van der Waals surface area (Å²) < 4.78 is 5.74. The van der Waals surface area contributed by atoms with Crippen LogP contribution in [0.4, 0.5) is 4.79 Å². The van der Waals surface area contributed by atoms with Crippen LogP contribution in [0.2, 0.25) is 0 Å². The van der Waals surface area contributed by atoms with E-state index >= 15 is 0 Å². The maximum Gasteiger partial charge on any atom is 0.407 e. The van der Waals surface area contributed by atoms with E-state index < -0.39 is 0 Å². The monoisotopic (exact) mass is 498 g/mol. The normalized spacial score (nSPS) is 31.8. The van der Waals surface area contributed by atoms with Gasteiger partial charge in [0.25, 0.3) is 0 Å². The van der Waals surface area contributed by atoms with E-state index in [0.717, 1.165) is 49.5 Å². The van der Waals surface area contributed by atoms with Crippen LogP contribution in [0, 0.1) is 29.1 Å². The molecule has 204 valence electrons. The summed E-state index contributed by atoms with van der Waals surface area (Å²) in [6, 6.07) is 0. The zero-order valence-electron chi connectivity index (χ0n) is 24.2. The van der Waals surface area contributed by atoms with Crippen LogP contribution in [0.25, 0.3) is 0 Å². The molecule has 0 bridgehead atoms. The van der Waals surface area contributed by atoms with Crippen molar-refractivity contribution in [2.24, 2.45) is 29.1 Å².